The molecule has 3 saturated heterocycles. The Morgan fingerprint density at radius 2 is 1.66 bits per heavy atom. The van der Waals surface area contributed by atoms with Crippen LogP contribution in [0.1, 0.15) is 78.8 Å². The number of benzene rings is 1. The summed E-state index contributed by atoms with van der Waals surface area (Å²) in [7, 11) is 0. The van der Waals surface area contributed by atoms with E-state index >= 15 is 0 Å². The number of amides is 3. The molecular weight excluding hydrogens is 444 g/mol. The molecule has 4 heterocycles. The van der Waals surface area contributed by atoms with Gasteiger partial charge in [0.2, 0.25) is 11.8 Å². The zero-order valence-corrected chi connectivity index (χ0v) is 20.3. The van der Waals surface area contributed by atoms with Crippen LogP contribution >= 0.6 is 0 Å². The van der Waals surface area contributed by atoms with E-state index < -0.39 is 6.04 Å². The van der Waals surface area contributed by atoms with Gasteiger partial charge in [0.25, 0.3) is 5.91 Å². The molecule has 1 aromatic carbocycles. The Kier molecular flexibility index (Phi) is 6.37. The number of fused-ring (bicyclic) bond motifs is 1. The van der Waals surface area contributed by atoms with Crippen LogP contribution in [-0.2, 0) is 20.9 Å². The van der Waals surface area contributed by atoms with Crippen LogP contribution < -0.4 is 10.6 Å². The number of carbonyl (C=O) groups is 3. The molecule has 6 rings (SSSR count). The second kappa shape index (κ2) is 9.64. The highest BCUT2D eigenvalue weighted by atomic mass is 16.5. The predicted molar refractivity (Wildman–Crippen MR) is 130 cm³/mol. The van der Waals surface area contributed by atoms with Gasteiger partial charge < -0.3 is 15.0 Å². The normalized spacial score (nSPS) is 30.8. The van der Waals surface area contributed by atoms with Crippen LogP contribution in [0.15, 0.2) is 18.2 Å². The van der Waals surface area contributed by atoms with Gasteiger partial charge in [-0.25, -0.2) is 0 Å². The number of piperidine rings is 2. The fraction of sp³-hybridized carbons (Fsp3) is 0.667. The maximum absolute atomic E-state index is 13.0. The summed E-state index contributed by atoms with van der Waals surface area (Å²) in [5, 5.41) is 5.78. The quantitative estimate of drug-likeness (QED) is 0.626. The van der Waals surface area contributed by atoms with Crippen LogP contribution in [0.25, 0.3) is 0 Å². The first-order valence-electron chi connectivity index (χ1n) is 13.4. The topological polar surface area (TPSA) is 91.0 Å². The molecule has 0 radical (unpaired) electrons. The van der Waals surface area contributed by atoms with Crippen molar-refractivity contribution >= 4 is 17.7 Å². The van der Waals surface area contributed by atoms with Crippen molar-refractivity contribution in [1.82, 2.24) is 20.4 Å². The molecule has 0 spiro atoms. The second-order valence-electron chi connectivity index (χ2n) is 11.0. The molecule has 1 aliphatic carbocycles. The molecule has 1 saturated carbocycles. The molecule has 188 valence electrons. The van der Waals surface area contributed by atoms with Crippen LogP contribution in [-0.4, -0.2) is 78.0 Å². The van der Waals surface area contributed by atoms with Crippen molar-refractivity contribution < 1.29 is 19.1 Å². The van der Waals surface area contributed by atoms with Gasteiger partial charge in [-0.1, -0.05) is 12.1 Å². The summed E-state index contributed by atoms with van der Waals surface area (Å²) in [6.45, 7) is 4.77. The minimum atomic E-state index is -0.550. The van der Waals surface area contributed by atoms with Gasteiger partial charge in [-0.3, -0.25) is 24.6 Å². The Hall–Kier alpha value is -2.29. The predicted octanol–water partition coefficient (Wildman–Crippen LogP) is 1.93. The third-order valence-corrected chi connectivity index (χ3v) is 8.78. The number of imide groups is 1. The molecule has 1 atom stereocenters. The molecule has 8 heteroatoms. The van der Waals surface area contributed by atoms with Crippen molar-refractivity contribution in [3.05, 3.63) is 34.9 Å². The van der Waals surface area contributed by atoms with E-state index in [4.69, 9.17) is 4.74 Å². The Morgan fingerprint density at radius 3 is 2.40 bits per heavy atom. The lowest BCUT2D eigenvalue weighted by Gasteiger charge is -2.47. The lowest BCUT2D eigenvalue weighted by molar-refractivity contribution is -0.136. The van der Waals surface area contributed by atoms with E-state index in [0.29, 0.717) is 42.7 Å². The highest BCUT2D eigenvalue weighted by Crippen LogP contribution is 2.38. The second-order valence-corrected chi connectivity index (χ2v) is 11.0. The van der Waals surface area contributed by atoms with Gasteiger partial charge in [-0.2, -0.15) is 0 Å². The van der Waals surface area contributed by atoms with E-state index in [1.54, 1.807) is 4.90 Å². The lowest BCUT2D eigenvalue weighted by Crippen LogP contribution is -2.58. The van der Waals surface area contributed by atoms with Crippen molar-refractivity contribution in [2.45, 2.75) is 88.1 Å². The Bertz CT molecular complexity index is 993. The number of hydrogen-bond acceptors (Lipinski definition) is 6. The van der Waals surface area contributed by atoms with Crippen molar-refractivity contribution in [1.29, 1.82) is 0 Å². The average Bonchev–Trinajstić information content (AvgIpc) is 3.17. The van der Waals surface area contributed by atoms with Crippen LogP contribution in [0.3, 0.4) is 0 Å². The number of nitrogens with one attached hydrogen (secondary N) is 2. The van der Waals surface area contributed by atoms with Gasteiger partial charge in [0, 0.05) is 37.7 Å². The minimum absolute atomic E-state index is 0.0937. The zero-order chi connectivity index (χ0) is 23.9. The highest BCUT2D eigenvalue weighted by molar-refractivity contribution is 6.05. The average molecular weight is 481 g/mol. The molecule has 5 aliphatic rings. The first-order valence-corrected chi connectivity index (χ1v) is 13.4. The van der Waals surface area contributed by atoms with Gasteiger partial charge in [0.05, 0.1) is 12.2 Å². The molecule has 4 aliphatic heterocycles. The maximum Gasteiger partial charge on any atom is 0.255 e. The molecule has 3 amide bonds. The zero-order valence-electron chi connectivity index (χ0n) is 20.3. The van der Waals surface area contributed by atoms with Crippen LogP contribution in [0.5, 0.6) is 0 Å². The van der Waals surface area contributed by atoms with Crippen molar-refractivity contribution in [3.63, 3.8) is 0 Å². The van der Waals surface area contributed by atoms with Gasteiger partial charge in [0.1, 0.15) is 6.04 Å². The molecular formula is C27H36N4O4. The number of nitrogens with zero attached hydrogens (tertiary/aromatic N) is 2. The SMILES string of the molecule is O=C1CCC(N2Cc3cc(C4CCC(N5CC(OC6CCNCC6)C5)CC4)ccc3C2=O)C(=O)N1. The van der Waals surface area contributed by atoms with E-state index in [9.17, 15) is 14.4 Å². The van der Waals surface area contributed by atoms with Gasteiger partial charge in [-0.05, 0) is 81.1 Å². The number of carbonyl (C=O) groups excluding carboxylic acids is 3. The van der Waals surface area contributed by atoms with Crippen LogP contribution in [0.4, 0.5) is 0 Å². The standard InChI is InChI=1S/C27H36N4O4/c32-25-8-7-24(26(33)29-25)31-14-19-13-18(3-6-23(19)27(31)34)17-1-4-20(5-2-17)30-15-22(16-30)35-21-9-11-28-12-10-21/h3,6,13,17,20-22,24,28H,1-2,4-5,7-12,14-16H2,(H,29,32,33). The van der Waals surface area contributed by atoms with E-state index in [1.165, 1.54) is 31.2 Å². The summed E-state index contributed by atoms with van der Waals surface area (Å²) in [5.74, 6) is -0.171. The molecule has 4 fully saturated rings. The molecule has 0 aromatic heterocycles. The number of hydrogen-bond donors (Lipinski definition) is 2. The number of rotatable bonds is 5. The van der Waals surface area contributed by atoms with Gasteiger partial charge >= 0.3 is 0 Å². The summed E-state index contributed by atoms with van der Waals surface area (Å²) >= 11 is 0. The van der Waals surface area contributed by atoms with Gasteiger partial charge in [-0.15, -0.1) is 0 Å². The number of ether oxygens (including phenoxy) is 1. The molecule has 1 aromatic rings. The fourth-order valence-electron chi connectivity index (χ4n) is 6.68. The minimum Gasteiger partial charge on any atom is -0.372 e. The fourth-order valence-corrected chi connectivity index (χ4v) is 6.68. The number of likely N-dealkylation sites (tertiary alicyclic amines) is 1. The summed E-state index contributed by atoms with van der Waals surface area (Å²) in [6, 6.07) is 6.37. The van der Waals surface area contributed by atoms with Crippen LogP contribution in [0, 0.1) is 0 Å². The smallest absolute Gasteiger partial charge is 0.255 e. The van der Waals surface area contributed by atoms with E-state index in [1.807, 2.05) is 6.07 Å². The Balaban J connectivity index is 1.01. The summed E-state index contributed by atoms with van der Waals surface area (Å²) in [5.41, 5.74) is 3.03. The molecule has 8 nitrogen and oxygen atoms in total. The lowest BCUT2D eigenvalue weighted by atomic mass is 9.80. The summed E-state index contributed by atoms with van der Waals surface area (Å²) in [4.78, 5) is 41.0. The Morgan fingerprint density at radius 1 is 0.886 bits per heavy atom. The van der Waals surface area contributed by atoms with E-state index in [0.717, 1.165) is 44.6 Å². The summed E-state index contributed by atoms with van der Waals surface area (Å²) < 4.78 is 6.30. The largest absolute Gasteiger partial charge is 0.372 e. The molecule has 0 bridgehead atoms. The molecule has 35 heavy (non-hydrogen) atoms. The highest BCUT2D eigenvalue weighted by Gasteiger charge is 2.40. The first kappa shape index (κ1) is 23.1. The first-order chi connectivity index (χ1) is 17.0. The Labute approximate surface area is 206 Å². The molecule has 1 unspecified atom stereocenters. The van der Waals surface area contributed by atoms with Crippen LogP contribution in [0.2, 0.25) is 0 Å². The van der Waals surface area contributed by atoms with Crippen molar-refractivity contribution in [3.8, 4) is 0 Å². The molecule has 2 N–H and O–H groups in total. The third-order valence-electron chi connectivity index (χ3n) is 8.78. The third kappa shape index (κ3) is 4.63. The monoisotopic (exact) mass is 480 g/mol. The summed E-state index contributed by atoms with van der Waals surface area (Å²) in [6.07, 6.45) is 8.59. The van der Waals surface area contributed by atoms with E-state index in [2.05, 4.69) is 27.7 Å². The van der Waals surface area contributed by atoms with E-state index in [-0.39, 0.29) is 24.1 Å². The maximum atomic E-state index is 13.0. The van der Waals surface area contributed by atoms with Crippen molar-refractivity contribution in [2.24, 2.45) is 0 Å². The van der Waals surface area contributed by atoms with Gasteiger partial charge in [0.15, 0.2) is 0 Å². The van der Waals surface area contributed by atoms with Crippen molar-refractivity contribution in [2.75, 3.05) is 26.2 Å².